The third kappa shape index (κ3) is 5.41. The lowest BCUT2D eigenvalue weighted by Gasteiger charge is -2.43. The highest BCUT2D eigenvalue weighted by atomic mass is 32.2. The zero-order chi connectivity index (χ0) is 22.5. The highest BCUT2D eigenvalue weighted by Gasteiger charge is 2.50. The predicted molar refractivity (Wildman–Crippen MR) is 132 cm³/mol. The summed E-state index contributed by atoms with van der Waals surface area (Å²) in [4.78, 5) is 0.732. The smallest absolute Gasteiger partial charge is 0.261 e. The van der Waals surface area contributed by atoms with Crippen LogP contribution < -0.4 is 10.4 Å². The molecular weight excluding hydrogens is 420 g/mol. The van der Waals surface area contributed by atoms with Crippen molar-refractivity contribution < 1.29 is 13.7 Å². The topological polar surface area (TPSA) is 46.5 Å². The van der Waals surface area contributed by atoms with Crippen LogP contribution in [-0.4, -0.2) is 36.1 Å². The van der Waals surface area contributed by atoms with Crippen LogP contribution in [0.25, 0.3) is 0 Å². The molecule has 0 saturated carbocycles. The van der Waals surface area contributed by atoms with Crippen molar-refractivity contribution in [3.8, 4) is 0 Å². The first-order chi connectivity index (χ1) is 14.7. The van der Waals surface area contributed by atoms with Gasteiger partial charge in [-0.15, -0.1) is 0 Å². The lowest BCUT2D eigenvalue weighted by atomic mass is 10.2. The van der Waals surface area contributed by atoms with Gasteiger partial charge in [-0.25, -0.2) is 0 Å². The molecule has 0 spiro atoms. The van der Waals surface area contributed by atoms with Gasteiger partial charge in [-0.05, 0) is 34.5 Å². The van der Waals surface area contributed by atoms with E-state index >= 15 is 0 Å². The van der Waals surface area contributed by atoms with E-state index in [0.29, 0.717) is 0 Å². The van der Waals surface area contributed by atoms with Crippen LogP contribution in [0, 0.1) is 6.92 Å². The van der Waals surface area contributed by atoms with Gasteiger partial charge in [0.15, 0.2) is 0 Å². The van der Waals surface area contributed by atoms with Gasteiger partial charge in [0.1, 0.15) is 0 Å². The Kier molecular flexibility index (Phi) is 7.65. The van der Waals surface area contributed by atoms with Crippen LogP contribution in [0.2, 0.25) is 5.04 Å². The Bertz CT molecular complexity index is 943. The molecule has 0 aliphatic heterocycles. The highest BCUT2D eigenvalue weighted by Crippen LogP contribution is 2.36. The normalized spacial score (nSPS) is 14.2. The summed E-state index contributed by atoms with van der Waals surface area (Å²) in [6, 6.07) is 28.3. The van der Waals surface area contributed by atoms with E-state index in [1.807, 2.05) is 67.6 Å². The second kappa shape index (κ2) is 10.0. The van der Waals surface area contributed by atoms with Crippen molar-refractivity contribution in [1.82, 2.24) is 0 Å². The van der Waals surface area contributed by atoms with E-state index in [-0.39, 0.29) is 17.4 Å². The molecule has 5 heteroatoms. The Hall–Kier alpha value is -2.05. The van der Waals surface area contributed by atoms with Crippen molar-refractivity contribution in [2.45, 2.75) is 43.7 Å². The Morgan fingerprint density at radius 1 is 0.871 bits per heavy atom. The van der Waals surface area contributed by atoms with Gasteiger partial charge in [0.25, 0.3) is 8.32 Å². The largest absolute Gasteiger partial charge is 0.405 e. The third-order valence-corrected chi connectivity index (χ3v) is 12.0. The zero-order valence-corrected chi connectivity index (χ0v) is 20.6. The Morgan fingerprint density at radius 3 is 1.81 bits per heavy atom. The minimum atomic E-state index is -2.71. The lowest BCUT2D eigenvalue weighted by Crippen LogP contribution is -2.67. The molecule has 0 amide bonds. The third-order valence-electron chi connectivity index (χ3n) is 5.54. The van der Waals surface area contributed by atoms with Crippen LogP contribution in [0.1, 0.15) is 26.3 Å². The van der Waals surface area contributed by atoms with Crippen LogP contribution in [-0.2, 0) is 15.2 Å². The van der Waals surface area contributed by atoms with Crippen molar-refractivity contribution in [2.24, 2.45) is 0 Å². The molecule has 0 aliphatic rings. The van der Waals surface area contributed by atoms with E-state index in [4.69, 9.17) is 4.43 Å². The molecule has 0 aromatic heterocycles. The van der Waals surface area contributed by atoms with Crippen LogP contribution in [0.15, 0.2) is 89.8 Å². The Balaban J connectivity index is 1.87. The van der Waals surface area contributed by atoms with Gasteiger partial charge in [-0.1, -0.05) is 99.1 Å². The molecule has 3 aromatic rings. The minimum Gasteiger partial charge on any atom is -0.405 e. The molecule has 3 nitrogen and oxygen atoms in total. The average molecular weight is 453 g/mol. The molecule has 164 valence electrons. The first-order valence-electron chi connectivity index (χ1n) is 10.6. The standard InChI is InChI=1S/C26H32O3SSi/c1-21-15-17-23(18-16-21)30(28)20-22(27)19-29-31(26(2,3)4,24-11-7-5-8-12-24)25-13-9-6-10-14-25/h5-18,22,27H,19-20H2,1-4H3/t22-,30+/m1/s1. The summed E-state index contributed by atoms with van der Waals surface area (Å²) in [5.74, 6) is 0.154. The number of rotatable bonds is 8. The number of hydrogen-bond acceptors (Lipinski definition) is 3. The quantitative estimate of drug-likeness (QED) is 0.525. The van der Waals surface area contributed by atoms with E-state index in [1.165, 1.54) is 10.4 Å². The maximum atomic E-state index is 12.7. The molecular formula is C26H32O3SSi. The fourth-order valence-electron chi connectivity index (χ4n) is 3.99. The summed E-state index contributed by atoms with van der Waals surface area (Å²) < 4.78 is 19.5. The van der Waals surface area contributed by atoms with E-state index in [2.05, 4.69) is 45.0 Å². The number of aliphatic hydroxyl groups excluding tert-OH is 1. The van der Waals surface area contributed by atoms with E-state index in [1.54, 1.807) is 0 Å². The molecule has 0 aliphatic carbocycles. The first-order valence-corrected chi connectivity index (χ1v) is 13.8. The molecule has 0 saturated heterocycles. The van der Waals surface area contributed by atoms with E-state index in [0.717, 1.165) is 10.5 Å². The average Bonchev–Trinajstić information content (AvgIpc) is 2.75. The minimum absolute atomic E-state index is 0.144. The fourth-order valence-corrected chi connectivity index (χ4v) is 9.67. The van der Waals surface area contributed by atoms with Gasteiger partial charge >= 0.3 is 0 Å². The summed E-state index contributed by atoms with van der Waals surface area (Å²) in [7, 11) is -3.98. The van der Waals surface area contributed by atoms with Crippen molar-refractivity contribution in [3.05, 3.63) is 90.5 Å². The monoisotopic (exact) mass is 452 g/mol. The number of aryl methyl sites for hydroxylation is 1. The van der Waals surface area contributed by atoms with Crippen molar-refractivity contribution in [3.63, 3.8) is 0 Å². The van der Waals surface area contributed by atoms with Crippen molar-refractivity contribution >= 4 is 29.5 Å². The van der Waals surface area contributed by atoms with Crippen LogP contribution in [0.4, 0.5) is 0 Å². The molecule has 2 atom stereocenters. The van der Waals surface area contributed by atoms with E-state index < -0.39 is 25.2 Å². The molecule has 3 aromatic carbocycles. The first kappa shape index (κ1) is 23.6. The van der Waals surface area contributed by atoms with Crippen LogP contribution in [0.3, 0.4) is 0 Å². The molecule has 31 heavy (non-hydrogen) atoms. The second-order valence-corrected chi connectivity index (χ2v) is 14.8. The molecule has 0 unspecified atom stereocenters. The van der Waals surface area contributed by atoms with Crippen LogP contribution in [0.5, 0.6) is 0 Å². The SMILES string of the molecule is Cc1ccc([S@@](=O)C[C@H](O)CO[Si](c2ccccc2)(c2ccccc2)C(C)(C)C)cc1. The maximum absolute atomic E-state index is 12.7. The lowest BCUT2D eigenvalue weighted by molar-refractivity contribution is 0.120. The number of aliphatic hydroxyl groups is 1. The second-order valence-electron chi connectivity index (χ2n) is 8.95. The summed E-state index contributed by atoms with van der Waals surface area (Å²) in [6.07, 6.45) is -0.816. The van der Waals surface area contributed by atoms with Gasteiger partial charge in [0.05, 0.1) is 29.3 Å². The summed E-state index contributed by atoms with van der Waals surface area (Å²) in [5.41, 5.74) is 1.12. The van der Waals surface area contributed by atoms with Gasteiger partial charge in [-0.2, -0.15) is 0 Å². The summed E-state index contributed by atoms with van der Waals surface area (Å²) >= 11 is 0. The van der Waals surface area contributed by atoms with Gasteiger partial charge < -0.3 is 9.53 Å². The Morgan fingerprint density at radius 2 is 1.35 bits per heavy atom. The zero-order valence-electron chi connectivity index (χ0n) is 18.7. The maximum Gasteiger partial charge on any atom is 0.261 e. The van der Waals surface area contributed by atoms with Crippen molar-refractivity contribution in [1.29, 1.82) is 0 Å². The molecule has 0 radical (unpaired) electrons. The molecule has 0 bridgehead atoms. The molecule has 3 rings (SSSR count). The summed E-state index contributed by atoms with van der Waals surface area (Å²) in [6.45, 7) is 8.76. The highest BCUT2D eigenvalue weighted by molar-refractivity contribution is 7.85. The fraction of sp³-hybridized carbons (Fsp3) is 0.308. The Labute approximate surface area is 189 Å². The van der Waals surface area contributed by atoms with Crippen LogP contribution >= 0.6 is 0 Å². The van der Waals surface area contributed by atoms with E-state index in [9.17, 15) is 9.32 Å². The van der Waals surface area contributed by atoms with Gasteiger partial charge in [0, 0.05) is 4.90 Å². The van der Waals surface area contributed by atoms with Crippen molar-refractivity contribution in [2.75, 3.05) is 12.4 Å². The summed E-state index contributed by atoms with van der Waals surface area (Å²) in [5, 5.41) is 12.9. The molecule has 1 N–H and O–H groups in total. The number of benzene rings is 3. The number of hydrogen-bond donors (Lipinski definition) is 1. The predicted octanol–water partition coefficient (Wildman–Crippen LogP) is 4.04. The molecule has 0 fully saturated rings. The molecule has 0 heterocycles. The van der Waals surface area contributed by atoms with Gasteiger partial charge in [0.2, 0.25) is 0 Å². The van der Waals surface area contributed by atoms with Gasteiger partial charge in [-0.3, -0.25) is 4.21 Å².